The third-order valence-corrected chi connectivity index (χ3v) is 5.16. The molecular weight excluding hydrogens is 422 g/mol. The lowest BCUT2D eigenvalue weighted by Crippen LogP contribution is -2.61. The van der Waals surface area contributed by atoms with E-state index in [1.807, 2.05) is 6.92 Å². The van der Waals surface area contributed by atoms with Crippen molar-refractivity contribution in [3.8, 4) is 0 Å². The van der Waals surface area contributed by atoms with Crippen LogP contribution < -0.4 is 27.4 Å². The molecule has 9 N–H and O–H groups in total. The van der Waals surface area contributed by atoms with E-state index in [-0.39, 0.29) is 18.8 Å². The molecule has 0 saturated heterocycles. The largest absolute Gasteiger partial charge is 0.480 e. The molecule has 0 bridgehead atoms. The number of aliphatic hydroxyl groups is 1. The van der Waals surface area contributed by atoms with Crippen molar-refractivity contribution >= 4 is 29.6 Å². The van der Waals surface area contributed by atoms with Gasteiger partial charge < -0.3 is 37.6 Å². The van der Waals surface area contributed by atoms with Crippen LogP contribution in [0.5, 0.6) is 0 Å². The molecule has 0 saturated carbocycles. The van der Waals surface area contributed by atoms with Gasteiger partial charge in [0.05, 0.1) is 12.1 Å². The Bertz CT molecular complexity index is 683. The Hall–Kier alpha value is -2.73. The summed E-state index contributed by atoms with van der Waals surface area (Å²) in [6.07, 6.45) is -1.12. The number of hydrogen-bond donors (Lipinski definition) is 7. The molecule has 0 fully saturated rings. The molecule has 32 heavy (non-hydrogen) atoms. The molecule has 0 aliphatic rings. The molecule has 0 aliphatic heterocycles. The Morgan fingerprint density at radius 1 is 0.875 bits per heavy atom. The van der Waals surface area contributed by atoms with Crippen molar-refractivity contribution in [1.82, 2.24) is 16.0 Å². The average Bonchev–Trinajstić information content (AvgIpc) is 2.70. The van der Waals surface area contributed by atoms with Gasteiger partial charge in [0.2, 0.25) is 23.6 Å². The van der Waals surface area contributed by atoms with E-state index in [1.54, 1.807) is 20.8 Å². The number of primary amides is 1. The van der Waals surface area contributed by atoms with Crippen molar-refractivity contribution < 1.29 is 34.2 Å². The first-order valence-electron chi connectivity index (χ1n) is 10.6. The molecule has 0 heterocycles. The van der Waals surface area contributed by atoms with Crippen LogP contribution in [-0.2, 0) is 24.0 Å². The predicted octanol–water partition coefficient (Wildman–Crippen LogP) is -1.80. The third kappa shape index (κ3) is 9.60. The highest BCUT2D eigenvalue weighted by molar-refractivity contribution is 5.94. The number of aliphatic carboxylic acids is 1. The van der Waals surface area contributed by atoms with E-state index in [1.165, 1.54) is 6.92 Å². The molecule has 0 aromatic heterocycles. The summed E-state index contributed by atoms with van der Waals surface area (Å²) in [5, 5.41) is 26.4. The zero-order valence-corrected chi connectivity index (χ0v) is 19.3. The highest BCUT2D eigenvalue weighted by atomic mass is 16.4. The summed E-state index contributed by atoms with van der Waals surface area (Å²) in [4.78, 5) is 60.1. The first-order valence-corrected chi connectivity index (χ1v) is 10.6. The fourth-order valence-electron chi connectivity index (χ4n) is 2.75. The van der Waals surface area contributed by atoms with Crippen molar-refractivity contribution in [2.75, 3.05) is 0 Å². The van der Waals surface area contributed by atoms with Gasteiger partial charge in [-0.1, -0.05) is 34.1 Å². The standard InChI is InChI=1S/C20H37N5O7/c1-6-10(4)14(22)17(28)25-16(11(5)26)19(30)24-15(9(2)3)18(29)23-12(20(31)32)7-8-13(21)27/h9-12,14-16,26H,6-8,22H2,1-5H3,(H2,21,27)(H,23,29)(H,24,30)(H,25,28)(H,31,32). The van der Waals surface area contributed by atoms with Crippen LogP contribution in [0, 0.1) is 11.8 Å². The van der Waals surface area contributed by atoms with Crippen LogP contribution in [0.3, 0.4) is 0 Å². The lowest BCUT2D eigenvalue weighted by atomic mass is 9.98. The molecule has 0 radical (unpaired) electrons. The van der Waals surface area contributed by atoms with E-state index in [0.717, 1.165) is 0 Å². The molecule has 6 unspecified atom stereocenters. The van der Waals surface area contributed by atoms with Crippen molar-refractivity contribution in [1.29, 1.82) is 0 Å². The molecule has 12 nitrogen and oxygen atoms in total. The van der Waals surface area contributed by atoms with E-state index >= 15 is 0 Å². The maximum Gasteiger partial charge on any atom is 0.326 e. The third-order valence-electron chi connectivity index (χ3n) is 5.16. The lowest BCUT2D eigenvalue weighted by Gasteiger charge is -2.28. The van der Waals surface area contributed by atoms with Gasteiger partial charge in [0.15, 0.2) is 0 Å². The van der Waals surface area contributed by atoms with Crippen LogP contribution in [0.25, 0.3) is 0 Å². The van der Waals surface area contributed by atoms with Crippen molar-refractivity contribution in [2.24, 2.45) is 23.3 Å². The Morgan fingerprint density at radius 2 is 1.38 bits per heavy atom. The molecule has 6 atom stereocenters. The molecule has 184 valence electrons. The first kappa shape index (κ1) is 29.3. The van der Waals surface area contributed by atoms with Gasteiger partial charge in [0.1, 0.15) is 18.1 Å². The molecule has 0 rings (SSSR count). The normalized spacial score (nSPS) is 16.8. The zero-order chi connectivity index (χ0) is 25.2. The number of rotatable bonds is 14. The molecular formula is C20H37N5O7. The van der Waals surface area contributed by atoms with E-state index in [4.69, 9.17) is 11.5 Å². The van der Waals surface area contributed by atoms with Crippen LogP contribution >= 0.6 is 0 Å². The smallest absolute Gasteiger partial charge is 0.326 e. The highest BCUT2D eigenvalue weighted by Crippen LogP contribution is 2.08. The van der Waals surface area contributed by atoms with E-state index in [2.05, 4.69) is 16.0 Å². The highest BCUT2D eigenvalue weighted by Gasteiger charge is 2.34. The van der Waals surface area contributed by atoms with Crippen LogP contribution in [0.2, 0.25) is 0 Å². The quantitative estimate of drug-likeness (QED) is 0.157. The summed E-state index contributed by atoms with van der Waals surface area (Å²) in [6, 6.07) is -4.81. The number of carbonyl (C=O) groups excluding carboxylic acids is 4. The maximum absolute atomic E-state index is 12.8. The molecule has 4 amide bonds. The Balaban J connectivity index is 5.38. The second-order valence-electron chi connectivity index (χ2n) is 8.27. The van der Waals surface area contributed by atoms with Gasteiger partial charge in [0, 0.05) is 6.42 Å². The zero-order valence-electron chi connectivity index (χ0n) is 19.3. The van der Waals surface area contributed by atoms with Crippen molar-refractivity contribution in [3.63, 3.8) is 0 Å². The van der Waals surface area contributed by atoms with Gasteiger partial charge >= 0.3 is 5.97 Å². The maximum atomic E-state index is 12.8. The van der Waals surface area contributed by atoms with Gasteiger partial charge in [-0.05, 0) is 25.2 Å². The number of nitrogens with one attached hydrogen (secondary N) is 3. The first-order chi connectivity index (χ1) is 14.7. The fourth-order valence-corrected chi connectivity index (χ4v) is 2.75. The number of carboxylic acids is 1. The van der Waals surface area contributed by atoms with E-state index < -0.39 is 65.8 Å². The molecule has 0 spiro atoms. The Morgan fingerprint density at radius 3 is 1.78 bits per heavy atom. The van der Waals surface area contributed by atoms with E-state index in [9.17, 15) is 34.2 Å². The lowest BCUT2D eigenvalue weighted by molar-refractivity contribution is -0.143. The molecule has 0 aromatic rings. The average molecular weight is 460 g/mol. The number of carboxylic acid groups (broad SMARTS) is 1. The van der Waals surface area contributed by atoms with Crippen molar-refractivity contribution in [2.45, 2.75) is 84.2 Å². The van der Waals surface area contributed by atoms with Gasteiger partial charge in [0.25, 0.3) is 0 Å². The van der Waals surface area contributed by atoms with Gasteiger partial charge in [-0.2, -0.15) is 0 Å². The van der Waals surface area contributed by atoms with Crippen molar-refractivity contribution in [3.05, 3.63) is 0 Å². The monoisotopic (exact) mass is 459 g/mol. The second-order valence-corrected chi connectivity index (χ2v) is 8.27. The number of amides is 4. The number of carbonyl (C=O) groups is 5. The summed E-state index contributed by atoms with van der Waals surface area (Å²) in [7, 11) is 0. The number of hydrogen-bond acceptors (Lipinski definition) is 7. The minimum absolute atomic E-state index is 0.157. The second kappa shape index (κ2) is 13.6. The minimum Gasteiger partial charge on any atom is -0.480 e. The molecule has 0 aliphatic carbocycles. The van der Waals surface area contributed by atoms with Crippen LogP contribution in [-0.4, -0.2) is 70.1 Å². The summed E-state index contributed by atoms with van der Waals surface area (Å²) in [5.74, 6) is -4.94. The Labute approximate surface area is 187 Å². The molecule has 12 heteroatoms. The minimum atomic E-state index is -1.38. The van der Waals surface area contributed by atoms with Gasteiger partial charge in [-0.25, -0.2) is 4.79 Å². The topological polar surface area (TPSA) is 214 Å². The van der Waals surface area contributed by atoms with Gasteiger partial charge in [-0.3, -0.25) is 19.2 Å². The van der Waals surface area contributed by atoms with Gasteiger partial charge in [-0.15, -0.1) is 0 Å². The molecule has 0 aromatic carbocycles. The SMILES string of the molecule is CCC(C)C(N)C(=O)NC(C(=O)NC(C(=O)NC(CCC(N)=O)C(=O)O)C(C)C)C(C)O. The van der Waals surface area contributed by atoms with Crippen LogP contribution in [0.4, 0.5) is 0 Å². The van der Waals surface area contributed by atoms with Crippen LogP contribution in [0.1, 0.15) is 53.9 Å². The van der Waals surface area contributed by atoms with Crippen LogP contribution in [0.15, 0.2) is 0 Å². The summed E-state index contributed by atoms with van der Waals surface area (Å²) < 4.78 is 0. The Kier molecular flexibility index (Phi) is 12.5. The van der Waals surface area contributed by atoms with E-state index in [0.29, 0.717) is 6.42 Å². The number of nitrogens with two attached hydrogens (primary N) is 2. The summed E-state index contributed by atoms with van der Waals surface area (Å²) >= 11 is 0. The number of aliphatic hydroxyl groups excluding tert-OH is 1. The fraction of sp³-hybridized carbons (Fsp3) is 0.750. The summed E-state index contributed by atoms with van der Waals surface area (Å²) in [5.41, 5.74) is 10.9. The summed E-state index contributed by atoms with van der Waals surface area (Å²) in [6.45, 7) is 8.18. The predicted molar refractivity (Wildman–Crippen MR) is 116 cm³/mol.